The number of anilines is 2. The van der Waals surface area contributed by atoms with Gasteiger partial charge in [0.15, 0.2) is 0 Å². The number of carbonyl (C=O) groups is 1. The minimum Gasteiger partial charge on any atom is -0.397 e. The molecule has 0 saturated heterocycles. The number of nitrogens with one attached hydrogen (secondary N) is 1. The number of aromatic nitrogens is 2. The second-order valence-corrected chi connectivity index (χ2v) is 5.05. The molecule has 0 saturated carbocycles. The van der Waals surface area contributed by atoms with Gasteiger partial charge in [-0.15, -0.1) is 0 Å². The second kappa shape index (κ2) is 6.78. The lowest BCUT2D eigenvalue weighted by molar-refractivity contribution is 0.0952. The molecule has 1 amide bonds. The Morgan fingerprint density at radius 2 is 2.24 bits per heavy atom. The molecule has 0 unspecified atom stereocenters. The van der Waals surface area contributed by atoms with Crippen molar-refractivity contribution in [3.63, 3.8) is 0 Å². The number of nitrogen functional groups attached to an aromatic ring is 1. The number of rotatable bonds is 6. The zero-order valence-corrected chi connectivity index (χ0v) is 12.4. The molecule has 1 aromatic carbocycles. The number of hydrogen-bond donors (Lipinski definition) is 2. The van der Waals surface area contributed by atoms with E-state index in [0.29, 0.717) is 17.8 Å². The van der Waals surface area contributed by atoms with Crippen LogP contribution in [0.2, 0.25) is 0 Å². The average Bonchev–Trinajstić information content (AvgIpc) is 2.96. The first-order valence-electron chi connectivity index (χ1n) is 6.90. The number of carbonyl (C=O) groups excluding carboxylic acids is 1. The fourth-order valence-corrected chi connectivity index (χ4v) is 2.08. The van der Waals surface area contributed by atoms with Crippen molar-refractivity contribution in [1.29, 1.82) is 0 Å². The van der Waals surface area contributed by atoms with Gasteiger partial charge < -0.3 is 16.0 Å². The summed E-state index contributed by atoms with van der Waals surface area (Å²) in [6.45, 7) is 1.39. The molecule has 112 valence electrons. The monoisotopic (exact) mass is 287 g/mol. The van der Waals surface area contributed by atoms with Crippen LogP contribution in [0, 0.1) is 0 Å². The van der Waals surface area contributed by atoms with Crippen LogP contribution in [0.3, 0.4) is 0 Å². The van der Waals surface area contributed by atoms with Gasteiger partial charge in [-0.3, -0.25) is 9.48 Å². The smallest absolute Gasteiger partial charge is 0.251 e. The van der Waals surface area contributed by atoms with Gasteiger partial charge in [0, 0.05) is 45.1 Å². The predicted octanol–water partition coefficient (Wildman–Crippen LogP) is 1.35. The maximum atomic E-state index is 12.0. The molecule has 0 aliphatic heterocycles. The Balaban J connectivity index is 1.84. The van der Waals surface area contributed by atoms with Crippen LogP contribution >= 0.6 is 0 Å². The molecule has 2 aromatic rings. The minimum absolute atomic E-state index is 0.104. The number of aryl methyl sites for hydroxylation is 1. The lowest BCUT2D eigenvalue weighted by Gasteiger charge is -2.15. The van der Waals surface area contributed by atoms with E-state index in [4.69, 9.17) is 5.73 Å². The van der Waals surface area contributed by atoms with Crippen molar-refractivity contribution in [2.75, 3.05) is 31.3 Å². The molecule has 1 aromatic heterocycles. The van der Waals surface area contributed by atoms with Crippen molar-refractivity contribution in [2.45, 2.75) is 13.0 Å². The molecule has 0 spiro atoms. The summed E-state index contributed by atoms with van der Waals surface area (Å²) >= 11 is 0. The third-order valence-corrected chi connectivity index (χ3v) is 3.18. The summed E-state index contributed by atoms with van der Waals surface area (Å²) in [5, 5.41) is 7.00. The first-order valence-corrected chi connectivity index (χ1v) is 6.90. The lowest BCUT2D eigenvalue weighted by Crippen LogP contribution is -2.25. The topological polar surface area (TPSA) is 76.2 Å². The van der Waals surface area contributed by atoms with Gasteiger partial charge in [0.25, 0.3) is 5.91 Å². The Hall–Kier alpha value is -2.50. The standard InChI is InChI=1S/C15H21N5O/c1-19(2)14-6-5-12(11-13(14)16)15(21)17-7-3-9-20-10-4-8-18-20/h4-6,8,10-11H,3,7,9,16H2,1-2H3,(H,17,21). The van der Waals surface area contributed by atoms with Gasteiger partial charge >= 0.3 is 0 Å². The molecule has 1 heterocycles. The van der Waals surface area contributed by atoms with E-state index < -0.39 is 0 Å². The van der Waals surface area contributed by atoms with Crippen LogP contribution in [0.1, 0.15) is 16.8 Å². The molecule has 2 rings (SSSR count). The third kappa shape index (κ3) is 3.98. The number of hydrogen-bond acceptors (Lipinski definition) is 4. The summed E-state index contributed by atoms with van der Waals surface area (Å²) in [5.41, 5.74) is 8.04. The SMILES string of the molecule is CN(C)c1ccc(C(=O)NCCCn2cccn2)cc1N. The first kappa shape index (κ1) is 14.9. The quantitative estimate of drug-likeness (QED) is 0.621. The Bertz CT molecular complexity index is 592. The highest BCUT2D eigenvalue weighted by Crippen LogP contribution is 2.22. The molecule has 6 nitrogen and oxygen atoms in total. The van der Waals surface area contributed by atoms with Crippen LogP contribution in [0.25, 0.3) is 0 Å². The number of benzene rings is 1. The van der Waals surface area contributed by atoms with E-state index in [2.05, 4.69) is 10.4 Å². The number of amides is 1. The molecule has 0 aliphatic rings. The van der Waals surface area contributed by atoms with Crippen molar-refractivity contribution < 1.29 is 4.79 Å². The van der Waals surface area contributed by atoms with Crippen LogP contribution in [0.4, 0.5) is 11.4 Å². The fourth-order valence-electron chi connectivity index (χ4n) is 2.08. The van der Waals surface area contributed by atoms with Gasteiger partial charge in [0.2, 0.25) is 0 Å². The van der Waals surface area contributed by atoms with Crippen molar-refractivity contribution in [2.24, 2.45) is 0 Å². The molecular formula is C15H21N5O. The Morgan fingerprint density at radius 1 is 1.43 bits per heavy atom. The maximum Gasteiger partial charge on any atom is 0.251 e. The first-order chi connectivity index (χ1) is 10.1. The second-order valence-electron chi connectivity index (χ2n) is 5.05. The van der Waals surface area contributed by atoms with E-state index in [1.54, 1.807) is 18.3 Å². The summed E-state index contributed by atoms with van der Waals surface area (Å²) in [7, 11) is 3.83. The van der Waals surface area contributed by atoms with Crippen LogP contribution in [0.5, 0.6) is 0 Å². The third-order valence-electron chi connectivity index (χ3n) is 3.18. The summed E-state index contributed by atoms with van der Waals surface area (Å²) in [6, 6.07) is 7.23. The predicted molar refractivity (Wildman–Crippen MR) is 84.4 cm³/mol. The van der Waals surface area contributed by atoms with E-state index in [9.17, 15) is 4.79 Å². The van der Waals surface area contributed by atoms with Crippen molar-refractivity contribution in [3.05, 3.63) is 42.2 Å². The molecule has 0 atom stereocenters. The summed E-state index contributed by atoms with van der Waals surface area (Å²) in [4.78, 5) is 14.0. The Morgan fingerprint density at radius 3 is 2.86 bits per heavy atom. The largest absolute Gasteiger partial charge is 0.397 e. The van der Waals surface area contributed by atoms with Gasteiger partial charge in [-0.05, 0) is 30.7 Å². The number of nitrogens with zero attached hydrogens (tertiary/aromatic N) is 3. The molecule has 0 radical (unpaired) electrons. The van der Waals surface area contributed by atoms with Gasteiger partial charge in [-0.2, -0.15) is 5.10 Å². The zero-order chi connectivity index (χ0) is 15.2. The minimum atomic E-state index is -0.104. The van der Waals surface area contributed by atoms with E-state index in [1.165, 1.54) is 0 Å². The molecular weight excluding hydrogens is 266 g/mol. The van der Waals surface area contributed by atoms with Gasteiger partial charge in [0.1, 0.15) is 0 Å². The lowest BCUT2D eigenvalue weighted by atomic mass is 10.1. The van der Waals surface area contributed by atoms with Crippen molar-refractivity contribution in [1.82, 2.24) is 15.1 Å². The highest BCUT2D eigenvalue weighted by molar-refractivity contribution is 5.96. The Labute approximate surface area is 124 Å². The summed E-state index contributed by atoms with van der Waals surface area (Å²) in [6.07, 6.45) is 4.48. The fraction of sp³-hybridized carbons (Fsp3) is 0.333. The van der Waals surface area contributed by atoms with Crippen molar-refractivity contribution >= 4 is 17.3 Å². The molecule has 3 N–H and O–H groups in total. The van der Waals surface area contributed by atoms with Gasteiger partial charge in [-0.1, -0.05) is 0 Å². The molecule has 6 heteroatoms. The molecule has 0 aliphatic carbocycles. The maximum absolute atomic E-state index is 12.0. The Kier molecular flexibility index (Phi) is 4.81. The van der Waals surface area contributed by atoms with Crippen LogP contribution in [-0.4, -0.2) is 36.3 Å². The van der Waals surface area contributed by atoms with E-state index in [0.717, 1.165) is 18.7 Å². The van der Waals surface area contributed by atoms with Crippen LogP contribution < -0.4 is 16.0 Å². The number of nitrogens with two attached hydrogens (primary N) is 1. The highest BCUT2D eigenvalue weighted by atomic mass is 16.1. The van der Waals surface area contributed by atoms with Crippen LogP contribution in [-0.2, 0) is 6.54 Å². The summed E-state index contributed by atoms with van der Waals surface area (Å²) in [5.74, 6) is -0.104. The highest BCUT2D eigenvalue weighted by Gasteiger charge is 2.08. The molecule has 21 heavy (non-hydrogen) atoms. The van der Waals surface area contributed by atoms with E-state index in [1.807, 2.05) is 42.0 Å². The van der Waals surface area contributed by atoms with Crippen LogP contribution in [0.15, 0.2) is 36.7 Å². The normalized spacial score (nSPS) is 10.4. The van der Waals surface area contributed by atoms with E-state index >= 15 is 0 Å². The molecule has 0 fully saturated rings. The summed E-state index contributed by atoms with van der Waals surface area (Å²) < 4.78 is 1.84. The van der Waals surface area contributed by atoms with Gasteiger partial charge in [0.05, 0.1) is 11.4 Å². The zero-order valence-electron chi connectivity index (χ0n) is 12.4. The van der Waals surface area contributed by atoms with Gasteiger partial charge in [-0.25, -0.2) is 0 Å². The van der Waals surface area contributed by atoms with E-state index in [-0.39, 0.29) is 5.91 Å². The average molecular weight is 287 g/mol. The molecule has 0 bridgehead atoms. The van der Waals surface area contributed by atoms with Crippen molar-refractivity contribution in [3.8, 4) is 0 Å².